The molecule has 0 amide bonds. The highest BCUT2D eigenvalue weighted by atomic mass is 32.2. The lowest BCUT2D eigenvalue weighted by molar-refractivity contribution is 0.595. The molecule has 0 saturated heterocycles. The summed E-state index contributed by atoms with van der Waals surface area (Å²) in [6, 6.07) is 2.54. The van der Waals surface area contributed by atoms with Gasteiger partial charge in [-0.25, -0.2) is 17.8 Å². The number of rotatable bonds is 5. The molecule has 2 aromatic rings. The lowest BCUT2D eigenvalue weighted by atomic mass is 10.2. The molecule has 0 aromatic carbocycles. The lowest BCUT2D eigenvalue weighted by Gasteiger charge is -2.09. The third-order valence-electron chi connectivity index (χ3n) is 3.11. The second-order valence-electron chi connectivity index (χ2n) is 4.49. The molecule has 0 aliphatic carbocycles. The molecule has 21 heavy (non-hydrogen) atoms. The Morgan fingerprint density at radius 2 is 2.05 bits per heavy atom. The minimum absolute atomic E-state index is 0.111. The Bertz CT molecular complexity index is 756. The van der Waals surface area contributed by atoms with E-state index in [1.54, 1.807) is 11.7 Å². The van der Waals surface area contributed by atoms with E-state index in [4.69, 9.17) is 0 Å². The zero-order valence-corrected chi connectivity index (χ0v) is 12.9. The van der Waals surface area contributed by atoms with Gasteiger partial charge in [0.2, 0.25) is 0 Å². The third kappa shape index (κ3) is 2.90. The van der Waals surface area contributed by atoms with Crippen molar-refractivity contribution in [1.82, 2.24) is 14.8 Å². The molecule has 6 nitrogen and oxygen atoms in total. The lowest BCUT2D eigenvalue weighted by Crippen LogP contribution is -2.17. The van der Waals surface area contributed by atoms with Crippen molar-refractivity contribution in [1.29, 1.82) is 0 Å². The van der Waals surface area contributed by atoms with Gasteiger partial charge in [0, 0.05) is 13.2 Å². The molecule has 0 bridgehead atoms. The highest BCUT2D eigenvalue weighted by Gasteiger charge is 2.27. The average molecular weight is 312 g/mol. The first-order valence-electron chi connectivity index (χ1n) is 6.58. The van der Waals surface area contributed by atoms with Crippen molar-refractivity contribution >= 4 is 15.8 Å². The fraction of sp³-hybridized carbons (Fsp3) is 0.385. The number of halogens is 1. The number of anilines is 1. The Morgan fingerprint density at radius 1 is 1.33 bits per heavy atom. The quantitative estimate of drug-likeness (QED) is 0.914. The summed E-state index contributed by atoms with van der Waals surface area (Å²) >= 11 is 0. The summed E-state index contributed by atoms with van der Waals surface area (Å²) in [5.41, 5.74) is 1.04. The van der Waals surface area contributed by atoms with Crippen LogP contribution in [-0.2, 0) is 29.9 Å². The zero-order chi connectivity index (χ0) is 15.6. The van der Waals surface area contributed by atoms with Gasteiger partial charge < -0.3 is 0 Å². The first-order chi connectivity index (χ1) is 9.90. The van der Waals surface area contributed by atoms with Crippen LogP contribution in [0.15, 0.2) is 23.2 Å². The molecule has 0 unspecified atom stereocenters. The first-order valence-corrected chi connectivity index (χ1v) is 8.07. The van der Waals surface area contributed by atoms with Crippen molar-refractivity contribution in [2.24, 2.45) is 7.05 Å². The smallest absolute Gasteiger partial charge is 0.266 e. The van der Waals surface area contributed by atoms with Gasteiger partial charge in [-0.05, 0) is 25.0 Å². The van der Waals surface area contributed by atoms with Gasteiger partial charge in [-0.15, -0.1) is 0 Å². The Labute approximate surface area is 123 Å². The van der Waals surface area contributed by atoms with Crippen molar-refractivity contribution in [3.05, 3.63) is 35.5 Å². The second kappa shape index (κ2) is 5.80. The van der Waals surface area contributed by atoms with Crippen molar-refractivity contribution in [2.75, 3.05) is 4.72 Å². The van der Waals surface area contributed by atoms with E-state index in [1.165, 1.54) is 12.3 Å². The monoisotopic (exact) mass is 312 g/mol. The molecular weight excluding hydrogens is 295 g/mol. The number of hydrogen-bond acceptors (Lipinski definition) is 4. The average Bonchev–Trinajstić information content (AvgIpc) is 2.78. The van der Waals surface area contributed by atoms with Gasteiger partial charge in [0.15, 0.2) is 11.6 Å². The van der Waals surface area contributed by atoms with E-state index < -0.39 is 15.8 Å². The van der Waals surface area contributed by atoms with Gasteiger partial charge in [0.05, 0.1) is 11.4 Å². The molecule has 0 radical (unpaired) electrons. The largest absolute Gasteiger partial charge is 0.271 e. The van der Waals surface area contributed by atoms with Gasteiger partial charge in [-0.3, -0.25) is 9.40 Å². The topological polar surface area (TPSA) is 76.9 Å². The van der Waals surface area contributed by atoms with Crippen LogP contribution < -0.4 is 4.72 Å². The number of sulfonamides is 1. The van der Waals surface area contributed by atoms with E-state index in [9.17, 15) is 12.8 Å². The molecule has 2 heterocycles. The van der Waals surface area contributed by atoms with Crippen LogP contribution in [-0.4, -0.2) is 23.2 Å². The van der Waals surface area contributed by atoms with Gasteiger partial charge in [-0.2, -0.15) is 5.10 Å². The molecule has 0 fully saturated rings. The minimum Gasteiger partial charge on any atom is -0.271 e. The number of aryl methyl sites for hydroxylation is 2. The minimum atomic E-state index is -3.94. The fourth-order valence-corrected chi connectivity index (χ4v) is 3.76. The van der Waals surface area contributed by atoms with Crippen LogP contribution in [0.25, 0.3) is 0 Å². The Kier molecular flexibility index (Phi) is 4.26. The molecule has 8 heteroatoms. The molecule has 0 spiro atoms. The van der Waals surface area contributed by atoms with Gasteiger partial charge in [0.1, 0.15) is 4.90 Å². The fourth-order valence-electron chi connectivity index (χ4n) is 2.17. The highest BCUT2D eigenvalue weighted by molar-refractivity contribution is 7.92. The SMILES string of the molecule is CCc1nn(C)c(CC)c1S(=O)(=O)Nc1ncccc1F. The van der Waals surface area contributed by atoms with Gasteiger partial charge in [-0.1, -0.05) is 13.8 Å². The second-order valence-corrected chi connectivity index (χ2v) is 6.11. The summed E-state index contributed by atoms with van der Waals surface area (Å²) in [6.45, 7) is 3.67. The van der Waals surface area contributed by atoms with Crippen molar-refractivity contribution in [2.45, 2.75) is 31.6 Å². The molecule has 0 aliphatic rings. The Morgan fingerprint density at radius 3 is 2.62 bits per heavy atom. The van der Waals surface area contributed by atoms with Crippen LogP contribution in [0.4, 0.5) is 10.2 Å². The van der Waals surface area contributed by atoms with E-state index in [-0.39, 0.29) is 10.7 Å². The van der Waals surface area contributed by atoms with Gasteiger partial charge >= 0.3 is 0 Å². The summed E-state index contributed by atoms with van der Waals surface area (Å²) in [7, 11) is -2.24. The maximum absolute atomic E-state index is 13.6. The molecule has 0 aliphatic heterocycles. The van der Waals surface area contributed by atoms with Crippen LogP contribution in [0.3, 0.4) is 0 Å². The molecule has 2 rings (SSSR count). The summed E-state index contributed by atoms with van der Waals surface area (Å²) in [5.74, 6) is -1.04. The summed E-state index contributed by atoms with van der Waals surface area (Å²) in [4.78, 5) is 3.83. The number of nitrogens with zero attached hydrogens (tertiary/aromatic N) is 3. The van der Waals surface area contributed by atoms with Crippen LogP contribution in [0.2, 0.25) is 0 Å². The molecule has 2 aromatic heterocycles. The zero-order valence-electron chi connectivity index (χ0n) is 12.1. The van der Waals surface area contributed by atoms with Crippen molar-refractivity contribution in [3.8, 4) is 0 Å². The summed E-state index contributed by atoms with van der Waals surface area (Å²) in [6.07, 6.45) is 2.30. The van der Waals surface area contributed by atoms with Crippen molar-refractivity contribution in [3.63, 3.8) is 0 Å². The summed E-state index contributed by atoms with van der Waals surface area (Å²) in [5, 5.41) is 4.21. The van der Waals surface area contributed by atoms with E-state index in [0.717, 1.165) is 6.07 Å². The standard InChI is InChI=1S/C13H17FN4O2S/c1-4-10-12(11(5-2)18(3)16-10)21(19,20)17-13-9(14)7-6-8-15-13/h6-8H,4-5H2,1-3H3,(H,15,17). The van der Waals surface area contributed by atoms with Gasteiger partial charge in [0.25, 0.3) is 10.0 Å². The maximum Gasteiger partial charge on any atom is 0.266 e. The van der Waals surface area contributed by atoms with Crippen LogP contribution in [0, 0.1) is 5.82 Å². The number of pyridine rings is 1. The van der Waals surface area contributed by atoms with E-state index in [1.807, 2.05) is 13.8 Å². The molecule has 1 N–H and O–H groups in total. The number of nitrogens with one attached hydrogen (secondary N) is 1. The van der Waals surface area contributed by atoms with Crippen molar-refractivity contribution < 1.29 is 12.8 Å². The van der Waals surface area contributed by atoms with Crippen LogP contribution in [0.1, 0.15) is 25.2 Å². The number of aromatic nitrogens is 3. The first kappa shape index (κ1) is 15.4. The molecule has 114 valence electrons. The molecule has 0 saturated carbocycles. The maximum atomic E-state index is 13.6. The third-order valence-corrected chi connectivity index (χ3v) is 4.58. The normalized spacial score (nSPS) is 11.6. The highest BCUT2D eigenvalue weighted by Crippen LogP contribution is 2.24. The summed E-state index contributed by atoms with van der Waals surface area (Å²) < 4.78 is 42.4. The Hall–Kier alpha value is -1.96. The Balaban J connectivity index is 2.52. The predicted molar refractivity (Wildman–Crippen MR) is 77.0 cm³/mol. The van der Waals surface area contributed by atoms with E-state index in [2.05, 4.69) is 14.8 Å². The molecular formula is C13H17FN4O2S. The number of hydrogen-bond donors (Lipinski definition) is 1. The predicted octanol–water partition coefficient (Wildman–Crippen LogP) is 1.88. The molecule has 0 atom stereocenters. The van der Waals surface area contributed by atoms with Crippen LogP contribution >= 0.6 is 0 Å². The van der Waals surface area contributed by atoms with E-state index in [0.29, 0.717) is 24.2 Å². The van der Waals surface area contributed by atoms with E-state index >= 15 is 0 Å². The van der Waals surface area contributed by atoms with Crippen LogP contribution in [0.5, 0.6) is 0 Å².